The van der Waals surface area contributed by atoms with Crippen molar-refractivity contribution in [1.82, 2.24) is 0 Å². The van der Waals surface area contributed by atoms with Gasteiger partial charge >= 0.3 is 0 Å². The fourth-order valence-corrected chi connectivity index (χ4v) is 2.50. The van der Waals surface area contributed by atoms with Crippen molar-refractivity contribution in [3.8, 4) is 0 Å². The van der Waals surface area contributed by atoms with E-state index in [2.05, 4.69) is 0 Å². The van der Waals surface area contributed by atoms with Gasteiger partial charge in [-0.25, -0.2) is 0 Å². The topological polar surface area (TPSA) is 51.2 Å². The summed E-state index contributed by atoms with van der Waals surface area (Å²) < 4.78 is 0. The number of carbonyl (C=O) groups excluding carboxylic acids is 3. The predicted molar refractivity (Wildman–Crippen MR) is 78.5 cm³/mol. The lowest BCUT2D eigenvalue weighted by Gasteiger charge is -2.29. The lowest BCUT2D eigenvalue weighted by molar-refractivity contribution is -0.140. The van der Waals surface area contributed by atoms with E-state index < -0.39 is 5.41 Å². The van der Waals surface area contributed by atoms with Crippen LogP contribution in [0.2, 0.25) is 0 Å². The molecule has 0 saturated heterocycles. The van der Waals surface area contributed by atoms with Crippen LogP contribution in [0.15, 0.2) is 30.3 Å². The van der Waals surface area contributed by atoms with Crippen LogP contribution in [0.1, 0.15) is 45.6 Å². The zero-order chi connectivity index (χ0) is 15.2. The minimum absolute atomic E-state index is 0.00703. The summed E-state index contributed by atoms with van der Waals surface area (Å²) in [7, 11) is 0. The summed E-state index contributed by atoms with van der Waals surface area (Å²) in [4.78, 5) is 35.8. The molecular weight excluding hydrogens is 252 g/mol. The van der Waals surface area contributed by atoms with Crippen LogP contribution in [-0.4, -0.2) is 17.3 Å². The molecule has 0 bridgehead atoms. The number of rotatable bonds is 8. The van der Waals surface area contributed by atoms with Crippen LogP contribution in [0.4, 0.5) is 0 Å². The van der Waals surface area contributed by atoms with E-state index in [1.54, 1.807) is 6.92 Å². The highest BCUT2D eigenvalue weighted by Crippen LogP contribution is 2.32. The molecule has 0 aliphatic rings. The van der Waals surface area contributed by atoms with Gasteiger partial charge in [0, 0.05) is 12.8 Å². The number of hydrogen-bond acceptors (Lipinski definition) is 3. The van der Waals surface area contributed by atoms with Crippen LogP contribution >= 0.6 is 0 Å². The highest BCUT2D eigenvalue weighted by molar-refractivity contribution is 6.06. The van der Waals surface area contributed by atoms with Gasteiger partial charge in [0.2, 0.25) is 0 Å². The van der Waals surface area contributed by atoms with Crippen molar-refractivity contribution < 1.29 is 14.4 Å². The Morgan fingerprint density at radius 1 is 1.05 bits per heavy atom. The first kappa shape index (κ1) is 16.3. The Balaban J connectivity index is 3.12. The van der Waals surface area contributed by atoms with E-state index in [9.17, 15) is 14.4 Å². The van der Waals surface area contributed by atoms with Crippen LogP contribution in [0.25, 0.3) is 0 Å². The minimum Gasteiger partial charge on any atom is -0.300 e. The molecule has 0 heterocycles. The Morgan fingerprint density at radius 3 is 2.10 bits per heavy atom. The number of hydrogen-bond donors (Lipinski definition) is 0. The minimum atomic E-state index is -1.05. The fourth-order valence-electron chi connectivity index (χ4n) is 2.50. The van der Waals surface area contributed by atoms with Crippen molar-refractivity contribution in [1.29, 1.82) is 0 Å². The predicted octanol–water partition coefficient (Wildman–Crippen LogP) is 3.15. The van der Waals surface area contributed by atoms with E-state index >= 15 is 0 Å². The maximum atomic E-state index is 12.4. The zero-order valence-corrected chi connectivity index (χ0v) is 12.4. The monoisotopic (exact) mass is 274 g/mol. The van der Waals surface area contributed by atoms with E-state index in [1.807, 2.05) is 30.3 Å². The quantitative estimate of drug-likeness (QED) is 0.684. The molecule has 0 aliphatic carbocycles. The van der Waals surface area contributed by atoms with E-state index in [0.29, 0.717) is 19.3 Å². The standard InChI is InChI=1S/C17H22O3/c1-4-16(20)17(14(3)19,11-10-13(2)18)12-15-8-6-5-7-9-15/h5-9H,4,10-12H2,1-3H3. The molecule has 1 aromatic rings. The molecule has 0 fully saturated rings. The van der Waals surface area contributed by atoms with E-state index in [4.69, 9.17) is 0 Å². The third-order valence-corrected chi connectivity index (χ3v) is 3.78. The molecule has 0 aromatic heterocycles. The van der Waals surface area contributed by atoms with E-state index in [-0.39, 0.29) is 23.8 Å². The summed E-state index contributed by atoms with van der Waals surface area (Å²) >= 11 is 0. The Morgan fingerprint density at radius 2 is 1.65 bits per heavy atom. The zero-order valence-electron chi connectivity index (χ0n) is 12.4. The highest BCUT2D eigenvalue weighted by atomic mass is 16.2. The molecule has 20 heavy (non-hydrogen) atoms. The molecule has 1 aromatic carbocycles. The first-order valence-corrected chi connectivity index (χ1v) is 7.00. The SMILES string of the molecule is CCC(=O)C(CCC(C)=O)(Cc1ccccc1)C(C)=O. The molecule has 0 aliphatic heterocycles. The molecule has 3 heteroatoms. The van der Waals surface area contributed by atoms with Crippen LogP contribution < -0.4 is 0 Å². The van der Waals surface area contributed by atoms with Gasteiger partial charge in [-0.3, -0.25) is 9.59 Å². The summed E-state index contributed by atoms with van der Waals surface area (Å²) in [5.74, 6) is -0.211. The highest BCUT2D eigenvalue weighted by Gasteiger charge is 2.41. The van der Waals surface area contributed by atoms with Gasteiger partial charge in [0.1, 0.15) is 17.3 Å². The molecular formula is C17H22O3. The first-order valence-electron chi connectivity index (χ1n) is 7.00. The van der Waals surface area contributed by atoms with Gasteiger partial charge in [0.25, 0.3) is 0 Å². The number of Topliss-reactive ketones (excluding diaryl/α,β-unsaturated/α-hetero) is 3. The molecule has 1 unspecified atom stereocenters. The summed E-state index contributed by atoms with van der Waals surface area (Å²) in [5, 5.41) is 0. The summed E-state index contributed by atoms with van der Waals surface area (Å²) in [6, 6.07) is 9.50. The largest absolute Gasteiger partial charge is 0.300 e. The molecule has 1 rings (SSSR count). The van der Waals surface area contributed by atoms with Gasteiger partial charge in [-0.05, 0) is 32.3 Å². The Bertz CT molecular complexity index is 490. The van der Waals surface area contributed by atoms with Crippen molar-refractivity contribution in [3.63, 3.8) is 0 Å². The maximum Gasteiger partial charge on any atom is 0.146 e. The Kier molecular flexibility index (Phi) is 5.81. The molecule has 0 saturated carbocycles. The number of benzene rings is 1. The molecule has 0 N–H and O–H groups in total. The Labute approximate surface area is 120 Å². The fraction of sp³-hybridized carbons (Fsp3) is 0.471. The third kappa shape index (κ3) is 3.86. The lowest BCUT2D eigenvalue weighted by Crippen LogP contribution is -2.40. The third-order valence-electron chi connectivity index (χ3n) is 3.78. The van der Waals surface area contributed by atoms with Crippen molar-refractivity contribution in [2.24, 2.45) is 5.41 Å². The second-order valence-electron chi connectivity index (χ2n) is 5.28. The summed E-state index contributed by atoms with van der Waals surface area (Å²) in [6.07, 6.45) is 1.25. The summed E-state index contributed by atoms with van der Waals surface area (Å²) in [6.45, 7) is 4.71. The molecule has 3 nitrogen and oxygen atoms in total. The van der Waals surface area contributed by atoms with Crippen LogP contribution in [0.3, 0.4) is 0 Å². The second-order valence-corrected chi connectivity index (χ2v) is 5.28. The van der Waals surface area contributed by atoms with Crippen LogP contribution in [-0.2, 0) is 20.8 Å². The van der Waals surface area contributed by atoms with Gasteiger partial charge < -0.3 is 4.79 Å². The second kappa shape index (κ2) is 7.13. The smallest absolute Gasteiger partial charge is 0.146 e. The van der Waals surface area contributed by atoms with Crippen molar-refractivity contribution in [3.05, 3.63) is 35.9 Å². The first-order chi connectivity index (χ1) is 9.42. The van der Waals surface area contributed by atoms with E-state index in [0.717, 1.165) is 5.56 Å². The van der Waals surface area contributed by atoms with Gasteiger partial charge in [0.05, 0.1) is 5.41 Å². The number of carbonyl (C=O) groups is 3. The van der Waals surface area contributed by atoms with Gasteiger partial charge in [-0.2, -0.15) is 0 Å². The van der Waals surface area contributed by atoms with Crippen molar-refractivity contribution >= 4 is 17.3 Å². The van der Waals surface area contributed by atoms with Crippen LogP contribution in [0, 0.1) is 5.41 Å². The van der Waals surface area contributed by atoms with Crippen molar-refractivity contribution in [2.75, 3.05) is 0 Å². The normalized spacial score (nSPS) is 13.6. The van der Waals surface area contributed by atoms with Crippen molar-refractivity contribution in [2.45, 2.75) is 46.5 Å². The maximum absolute atomic E-state index is 12.4. The van der Waals surface area contributed by atoms with Gasteiger partial charge in [0.15, 0.2) is 0 Å². The molecule has 0 amide bonds. The summed E-state index contributed by atoms with van der Waals surface area (Å²) in [5.41, 5.74) is -0.102. The molecule has 0 spiro atoms. The average Bonchev–Trinajstić information content (AvgIpc) is 2.43. The lowest BCUT2D eigenvalue weighted by atomic mass is 9.70. The molecule has 1 atom stereocenters. The van der Waals surface area contributed by atoms with Gasteiger partial charge in [-0.15, -0.1) is 0 Å². The Hall–Kier alpha value is -1.77. The van der Waals surface area contributed by atoms with Gasteiger partial charge in [-0.1, -0.05) is 37.3 Å². The molecule has 0 radical (unpaired) electrons. The van der Waals surface area contributed by atoms with Crippen LogP contribution in [0.5, 0.6) is 0 Å². The van der Waals surface area contributed by atoms with E-state index in [1.165, 1.54) is 13.8 Å². The number of ketones is 3. The molecule has 108 valence electrons. The average molecular weight is 274 g/mol.